The van der Waals surface area contributed by atoms with Crippen molar-refractivity contribution in [3.05, 3.63) is 0 Å². The summed E-state index contributed by atoms with van der Waals surface area (Å²) in [6, 6.07) is -0.185. The number of hydrogen-bond acceptors (Lipinski definition) is 3. The molecule has 0 aromatic rings. The molecule has 122 valence electrons. The van der Waals surface area contributed by atoms with Gasteiger partial charge in [0.15, 0.2) is 0 Å². The fraction of sp³-hybridized carbons (Fsp3) is 0.867. The number of rotatable bonds is 3. The second-order valence-corrected chi connectivity index (χ2v) is 6.09. The second-order valence-electron chi connectivity index (χ2n) is 6.09. The highest BCUT2D eigenvalue weighted by Crippen LogP contribution is 2.20. The maximum Gasteiger partial charge on any atom is 0.307 e. The van der Waals surface area contributed by atoms with Crippen molar-refractivity contribution < 1.29 is 14.7 Å². The minimum atomic E-state index is -0.732. The van der Waals surface area contributed by atoms with E-state index in [1.807, 2.05) is 11.8 Å². The number of carboxylic acids is 1. The van der Waals surface area contributed by atoms with Crippen LogP contribution in [0.15, 0.2) is 0 Å². The van der Waals surface area contributed by atoms with E-state index in [1.165, 1.54) is 12.8 Å². The van der Waals surface area contributed by atoms with Crippen molar-refractivity contribution in [2.24, 2.45) is 5.92 Å². The zero-order chi connectivity index (χ0) is 14.5. The normalized spacial score (nSPS) is 25.6. The lowest BCUT2D eigenvalue weighted by Gasteiger charge is -2.36. The summed E-state index contributed by atoms with van der Waals surface area (Å²) in [4.78, 5) is 27.7. The minimum absolute atomic E-state index is 0. The van der Waals surface area contributed by atoms with Crippen LogP contribution in [0.1, 0.15) is 45.4 Å². The number of carbonyl (C=O) groups is 2. The maximum absolute atomic E-state index is 12.6. The summed E-state index contributed by atoms with van der Waals surface area (Å²) in [5, 5.41) is 9.14. The Hall–Kier alpha value is -0.810. The third-order valence-electron chi connectivity index (χ3n) is 4.62. The predicted octanol–water partition coefficient (Wildman–Crippen LogP) is 2.00. The zero-order valence-electron chi connectivity index (χ0n) is 12.8. The molecule has 2 rings (SSSR count). The van der Waals surface area contributed by atoms with Gasteiger partial charge in [0.25, 0.3) is 0 Å². The van der Waals surface area contributed by atoms with Crippen LogP contribution in [-0.4, -0.2) is 59.0 Å². The van der Waals surface area contributed by atoms with Crippen LogP contribution >= 0.6 is 12.4 Å². The Bertz CT molecular complexity index is 357. The van der Waals surface area contributed by atoms with E-state index in [0.29, 0.717) is 6.54 Å². The summed E-state index contributed by atoms with van der Waals surface area (Å²) in [6.45, 7) is 5.00. The largest absolute Gasteiger partial charge is 0.481 e. The maximum atomic E-state index is 12.6. The van der Waals surface area contributed by atoms with Crippen molar-refractivity contribution in [1.82, 2.24) is 9.80 Å². The van der Waals surface area contributed by atoms with Crippen molar-refractivity contribution in [2.45, 2.75) is 51.5 Å². The number of aliphatic carboxylic acids is 1. The van der Waals surface area contributed by atoms with Crippen LogP contribution in [0.5, 0.6) is 0 Å². The number of amides is 1. The molecular weight excluding hydrogens is 292 g/mol. The molecule has 0 radical (unpaired) electrons. The van der Waals surface area contributed by atoms with Crippen LogP contribution < -0.4 is 0 Å². The molecule has 2 aliphatic rings. The first-order valence-corrected chi connectivity index (χ1v) is 7.85. The van der Waals surface area contributed by atoms with Gasteiger partial charge in [-0.25, -0.2) is 0 Å². The first-order chi connectivity index (χ1) is 9.59. The molecule has 2 fully saturated rings. The van der Waals surface area contributed by atoms with Crippen molar-refractivity contribution in [1.29, 1.82) is 0 Å². The van der Waals surface area contributed by atoms with E-state index in [-0.39, 0.29) is 30.3 Å². The van der Waals surface area contributed by atoms with Gasteiger partial charge in [0.2, 0.25) is 5.91 Å². The molecule has 1 amide bonds. The van der Waals surface area contributed by atoms with Crippen LogP contribution in [0.2, 0.25) is 0 Å². The van der Waals surface area contributed by atoms with Crippen LogP contribution in [0.25, 0.3) is 0 Å². The van der Waals surface area contributed by atoms with E-state index < -0.39 is 5.97 Å². The molecule has 0 spiro atoms. The van der Waals surface area contributed by atoms with Gasteiger partial charge in [-0.05, 0) is 39.2 Å². The Kier molecular flexibility index (Phi) is 7.46. The molecule has 6 heteroatoms. The molecule has 0 saturated carbocycles. The lowest BCUT2D eigenvalue weighted by molar-refractivity contribution is -0.146. The highest BCUT2D eigenvalue weighted by atomic mass is 35.5. The van der Waals surface area contributed by atoms with Gasteiger partial charge >= 0.3 is 5.97 Å². The fourth-order valence-electron chi connectivity index (χ4n) is 3.27. The average Bonchev–Trinajstić information content (AvgIpc) is 2.75. The number of halogens is 1. The van der Waals surface area contributed by atoms with Crippen LogP contribution in [0.4, 0.5) is 0 Å². The summed E-state index contributed by atoms with van der Waals surface area (Å²) >= 11 is 0. The van der Waals surface area contributed by atoms with Crippen LogP contribution in [-0.2, 0) is 9.59 Å². The lowest BCUT2D eigenvalue weighted by atomic mass is 9.97. The van der Waals surface area contributed by atoms with E-state index in [4.69, 9.17) is 5.11 Å². The molecular formula is C15H27ClN2O3. The molecule has 5 nitrogen and oxygen atoms in total. The van der Waals surface area contributed by atoms with Gasteiger partial charge in [-0.2, -0.15) is 0 Å². The summed E-state index contributed by atoms with van der Waals surface area (Å²) in [5.74, 6) is -0.870. The fourth-order valence-corrected chi connectivity index (χ4v) is 3.27. The topological polar surface area (TPSA) is 60.9 Å². The van der Waals surface area contributed by atoms with Crippen molar-refractivity contribution in [3.63, 3.8) is 0 Å². The zero-order valence-corrected chi connectivity index (χ0v) is 13.6. The number of nitrogens with zero attached hydrogens (tertiary/aromatic N) is 2. The molecule has 21 heavy (non-hydrogen) atoms. The van der Waals surface area contributed by atoms with Crippen molar-refractivity contribution in [3.8, 4) is 0 Å². The quantitative estimate of drug-likeness (QED) is 0.864. The molecule has 0 aliphatic carbocycles. The molecule has 2 atom stereocenters. The van der Waals surface area contributed by atoms with Gasteiger partial charge in [-0.1, -0.05) is 12.8 Å². The summed E-state index contributed by atoms with van der Waals surface area (Å²) in [5.41, 5.74) is 0. The van der Waals surface area contributed by atoms with Gasteiger partial charge in [0, 0.05) is 19.6 Å². The Morgan fingerprint density at radius 2 is 1.67 bits per heavy atom. The van der Waals surface area contributed by atoms with Gasteiger partial charge < -0.3 is 10.0 Å². The number of carboxylic acid groups (broad SMARTS) is 1. The molecule has 2 heterocycles. The van der Waals surface area contributed by atoms with Crippen molar-refractivity contribution >= 4 is 24.3 Å². The molecule has 0 aromatic heterocycles. The first-order valence-electron chi connectivity index (χ1n) is 7.85. The highest BCUT2D eigenvalue weighted by Gasteiger charge is 2.32. The van der Waals surface area contributed by atoms with E-state index in [0.717, 1.165) is 45.3 Å². The number of piperidine rings is 1. The standard InChI is InChI=1S/C15H26N2O3.ClH/c1-12(14(18)16-8-4-2-3-5-9-16)17-10-6-7-13(11-17)15(19)20;/h12-13H,2-11H2,1H3,(H,19,20);1H. The Labute approximate surface area is 133 Å². The summed E-state index contributed by atoms with van der Waals surface area (Å²) in [7, 11) is 0. The minimum Gasteiger partial charge on any atom is -0.481 e. The number of likely N-dealkylation sites (tertiary alicyclic amines) is 2. The average molecular weight is 319 g/mol. The van der Waals surface area contributed by atoms with E-state index in [9.17, 15) is 9.59 Å². The van der Waals surface area contributed by atoms with Crippen molar-refractivity contribution in [2.75, 3.05) is 26.2 Å². The second kappa shape index (κ2) is 8.59. The van der Waals surface area contributed by atoms with Crippen LogP contribution in [0, 0.1) is 5.92 Å². The van der Waals surface area contributed by atoms with Gasteiger partial charge in [0.1, 0.15) is 0 Å². The van der Waals surface area contributed by atoms with Gasteiger partial charge in [0.05, 0.1) is 12.0 Å². The molecule has 2 saturated heterocycles. The Balaban J connectivity index is 0.00000220. The molecule has 2 aliphatic heterocycles. The van der Waals surface area contributed by atoms with Crippen LogP contribution in [0.3, 0.4) is 0 Å². The lowest BCUT2D eigenvalue weighted by Crippen LogP contribution is -2.51. The monoisotopic (exact) mass is 318 g/mol. The first kappa shape index (κ1) is 18.2. The smallest absolute Gasteiger partial charge is 0.307 e. The van der Waals surface area contributed by atoms with Gasteiger partial charge in [-0.15, -0.1) is 12.4 Å². The van der Waals surface area contributed by atoms with E-state index >= 15 is 0 Å². The molecule has 2 unspecified atom stereocenters. The highest BCUT2D eigenvalue weighted by molar-refractivity contribution is 5.85. The predicted molar refractivity (Wildman–Crippen MR) is 83.7 cm³/mol. The Morgan fingerprint density at radius 3 is 2.24 bits per heavy atom. The summed E-state index contributed by atoms with van der Waals surface area (Å²) < 4.78 is 0. The molecule has 0 aromatic carbocycles. The van der Waals surface area contributed by atoms with E-state index in [1.54, 1.807) is 0 Å². The number of hydrogen-bond donors (Lipinski definition) is 1. The summed E-state index contributed by atoms with van der Waals surface area (Å²) in [6.07, 6.45) is 6.21. The number of carbonyl (C=O) groups excluding carboxylic acids is 1. The Morgan fingerprint density at radius 1 is 1.05 bits per heavy atom. The SMILES string of the molecule is CC(C(=O)N1CCCCCC1)N1CCCC(C(=O)O)C1.Cl. The third kappa shape index (κ3) is 4.85. The van der Waals surface area contributed by atoms with Gasteiger partial charge in [-0.3, -0.25) is 14.5 Å². The molecule has 0 bridgehead atoms. The molecule has 1 N–H and O–H groups in total. The van der Waals surface area contributed by atoms with E-state index in [2.05, 4.69) is 4.90 Å². The third-order valence-corrected chi connectivity index (χ3v) is 4.62.